The van der Waals surface area contributed by atoms with Gasteiger partial charge in [0.25, 0.3) is 5.91 Å². The molecule has 1 aliphatic carbocycles. The number of aromatic nitrogens is 4. The van der Waals surface area contributed by atoms with Crippen molar-refractivity contribution in [3.63, 3.8) is 0 Å². The van der Waals surface area contributed by atoms with E-state index in [0.29, 0.717) is 5.69 Å². The fourth-order valence-corrected chi connectivity index (χ4v) is 4.52. The van der Waals surface area contributed by atoms with Crippen molar-refractivity contribution in [3.05, 3.63) is 47.0 Å². The quantitative estimate of drug-likeness (QED) is 0.621. The molecule has 0 saturated heterocycles. The molecule has 1 aromatic carbocycles. The van der Waals surface area contributed by atoms with Gasteiger partial charge in [-0.3, -0.25) is 9.89 Å². The topological polar surface area (TPSA) is 75.6 Å². The minimum Gasteiger partial charge on any atom is -0.341 e. The van der Waals surface area contributed by atoms with Crippen molar-refractivity contribution in [3.8, 4) is 0 Å². The Morgan fingerprint density at radius 3 is 2.93 bits per heavy atom. The van der Waals surface area contributed by atoms with E-state index in [1.807, 2.05) is 25.2 Å². The molecule has 0 unspecified atom stereocenters. The predicted molar refractivity (Wildman–Crippen MR) is 114 cm³/mol. The molecule has 2 heterocycles. The first kappa shape index (κ1) is 19.1. The van der Waals surface area contributed by atoms with Crippen LogP contribution in [0, 0.1) is 0 Å². The van der Waals surface area contributed by atoms with Crippen molar-refractivity contribution in [2.45, 2.75) is 44.6 Å². The third kappa shape index (κ3) is 3.68. The number of para-hydroxylation sites is 2. The van der Waals surface area contributed by atoms with Gasteiger partial charge in [0.15, 0.2) is 5.69 Å². The monoisotopic (exact) mass is 397 g/mol. The van der Waals surface area contributed by atoms with E-state index >= 15 is 0 Å². The lowest BCUT2D eigenvalue weighted by atomic mass is 10.1. The summed E-state index contributed by atoms with van der Waals surface area (Å²) in [6, 6.07) is 7.94. The van der Waals surface area contributed by atoms with Gasteiger partial charge >= 0.3 is 0 Å². The number of carbonyl (C=O) groups excluding carboxylic acids is 1. The van der Waals surface area contributed by atoms with Crippen LogP contribution in [-0.2, 0) is 19.9 Å². The Balaban J connectivity index is 1.62. The van der Waals surface area contributed by atoms with Gasteiger partial charge in [-0.15, -0.1) is 0 Å². The number of thioether (sulfide) groups is 1. The number of H-pyrrole nitrogens is 1. The number of imidazole rings is 1. The minimum absolute atomic E-state index is 0.0995. The van der Waals surface area contributed by atoms with E-state index in [1.165, 1.54) is 6.42 Å². The molecular formula is C21H27N5OS. The molecule has 0 saturated carbocycles. The average Bonchev–Trinajstić information content (AvgIpc) is 3.18. The maximum absolute atomic E-state index is 13.1. The Morgan fingerprint density at radius 2 is 2.11 bits per heavy atom. The van der Waals surface area contributed by atoms with Crippen LogP contribution in [0.2, 0.25) is 0 Å². The highest BCUT2D eigenvalue weighted by molar-refractivity contribution is 7.98. The van der Waals surface area contributed by atoms with Gasteiger partial charge in [0.1, 0.15) is 5.82 Å². The van der Waals surface area contributed by atoms with E-state index < -0.39 is 0 Å². The molecule has 0 spiro atoms. The fraction of sp³-hybridized carbons (Fsp3) is 0.476. The summed E-state index contributed by atoms with van der Waals surface area (Å²) in [7, 11) is 2.02. The number of fused-ring (bicyclic) bond motifs is 2. The van der Waals surface area contributed by atoms with Crippen LogP contribution in [0.5, 0.6) is 0 Å². The zero-order valence-electron chi connectivity index (χ0n) is 16.5. The van der Waals surface area contributed by atoms with Gasteiger partial charge in [-0.25, -0.2) is 4.98 Å². The molecule has 148 valence electrons. The maximum Gasteiger partial charge on any atom is 0.272 e. The van der Waals surface area contributed by atoms with Crippen LogP contribution >= 0.6 is 11.8 Å². The third-order valence-electron chi connectivity index (χ3n) is 5.57. The number of rotatable bonds is 6. The Bertz CT molecular complexity index is 976. The number of nitrogens with one attached hydrogen (secondary N) is 2. The van der Waals surface area contributed by atoms with E-state index in [1.54, 1.807) is 11.8 Å². The molecule has 6 nitrogen and oxygen atoms in total. The Hall–Kier alpha value is -2.28. The second kappa shape index (κ2) is 8.39. The molecule has 1 aliphatic rings. The second-order valence-corrected chi connectivity index (χ2v) is 8.40. The van der Waals surface area contributed by atoms with Gasteiger partial charge in [-0.05, 0) is 56.2 Å². The summed E-state index contributed by atoms with van der Waals surface area (Å²) in [6.07, 6.45) is 8.31. The smallest absolute Gasteiger partial charge is 0.272 e. The van der Waals surface area contributed by atoms with Crippen molar-refractivity contribution in [1.29, 1.82) is 0 Å². The van der Waals surface area contributed by atoms with Crippen LogP contribution in [0.4, 0.5) is 0 Å². The second-order valence-electron chi connectivity index (χ2n) is 7.42. The van der Waals surface area contributed by atoms with Crippen molar-refractivity contribution in [2.75, 3.05) is 12.0 Å². The normalized spacial score (nSPS) is 15.2. The molecule has 4 rings (SSSR count). The molecule has 2 N–H and O–H groups in total. The van der Waals surface area contributed by atoms with Gasteiger partial charge < -0.3 is 9.88 Å². The van der Waals surface area contributed by atoms with Gasteiger partial charge in [0, 0.05) is 18.3 Å². The number of benzene rings is 1. The van der Waals surface area contributed by atoms with Crippen LogP contribution in [-0.4, -0.2) is 37.7 Å². The molecule has 1 atom stereocenters. The lowest BCUT2D eigenvalue weighted by Gasteiger charge is -2.18. The summed E-state index contributed by atoms with van der Waals surface area (Å²) in [5.74, 6) is 1.75. The fourth-order valence-electron chi connectivity index (χ4n) is 4.05. The number of hydrogen-bond donors (Lipinski definition) is 2. The van der Waals surface area contributed by atoms with E-state index in [4.69, 9.17) is 4.98 Å². The number of nitrogens with zero attached hydrogens (tertiary/aromatic N) is 3. The van der Waals surface area contributed by atoms with Gasteiger partial charge in [0.2, 0.25) is 0 Å². The summed E-state index contributed by atoms with van der Waals surface area (Å²) in [5.41, 5.74) is 4.83. The number of aryl methyl sites for hydroxylation is 2. The Morgan fingerprint density at radius 1 is 1.29 bits per heavy atom. The van der Waals surface area contributed by atoms with Crippen LogP contribution in [0.3, 0.4) is 0 Å². The molecule has 0 bridgehead atoms. The molecule has 0 radical (unpaired) electrons. The van der Waals surface area contributed by atoms with Crippen LogP contribution in [0.1, 0.15) is 59.3 Å². The number of aromatic amines is 1. The van der Waals surface area contributed by atoms with E-state index in [9.17, 15) is 4.79 Å². The van der Waals surface area contributed by atoms with Crippen molar-refractivity contribution < 1.29 is 4.79 Å². The molecule has 3 aromatic rings. The SMILES string of the molecule is CSCC[C@@H](NC(=O)c1n[nH]c2c1CCCCC2)c1nc2ccccc2n1C. The molecule has 28 heavy (non-hydrogen) atoms. The highest BCUT2D eigenvalue weighted by Crippen LogP contribution is 2.25. The van der Waals surface area contributed by atoms with Crippen molar-refractivity contribution in [2.24, 2.45) is 7.05 Å². The minimum atomic E-state index is -0.143. The van der Waals surface area contributed by atoms with E-state index in [0.717, 1.165) is 66.0 Å². The Labute approximate surface area is 169 Å². The number of amides is 1. The number of carbonyl (C=O) groups is 1. The predicted octanol–water partition coefficient (Wildman–Crippen LogP) is 3.79. The standard InChI is InChI=1S/C21H27N5OS/c1-26-18-11-7-6-10-16(18)22-20(26)17(12-13-28-2)23-21(27)19-14-8-4-3-5-9-15(14)24-25-19/h6-7,10-11,17H,3-5,8-9,12-13H2,1-2H3,(H,23,27)(H,24,25)/t17-/m1/s1. The molecule has 0 aliphatic heterocycles. The van der Waals surface area contributed by atoms with Gasteiger partial charge in [-0.1, -0.05) is 18.6 Å². The number of hydrogen-bond acceptors (Lipinski definition) is 4. The molecule has 7 heteroatoms. The van der Waals surface area contributed by atoms with Gasteiger partial charge in [0.05, 0.1) is 17.1 Å². The van der Waals surface area contributed by atoms with Crippen LogP contribution in [0.25, 0.3) is 11.0 Å². The van der Waals surface area contributed by atoms with Crippen molar-refractivity contribution in [1.82, 2.24) is 25.1 Å². The van der Waals surface area contributed by atoms with E-state index in [-0.39, 0.29) is 11.9 Å². The maximum atomic E-state index is 13.1. The zero-order chi connectivity index (χ0) is 19.5. The van der Waals surface area contributed by atoms with Crippen LogP contribution in [0.15, 0.2) is 24.3 Å². The zero-order valence-corrected chi connectivity index (χ0v) is 17.3. The lowest BCUT2D eigenvalue weighted by Crippen LogP contribution is -2.31. The van der Waals surface area contributed by atoms with Crippen molar-refractivity contribution >= 4 is 28.7 Å². The summed E-state index contributed by atoms with van der Waals surface area (Å²) in [6.45, 7) is 0. The first-order valence-corrected chi connectivity index (χ1v) is 11.4. The first-order chi connectivity index (χ1) is 13.7. The molecule has 0 fully saturated rings. The van der Waals surface area contributed by atoms with Gasteiger partial charge in [-0.2, -0.15) is 16.9 Å². The highest BCUT2D eigenvalue weighted by atomic mass is 32.2. The van der Waals surface area contributed by atoms with E-state index in [2.05, 4.69) is 32.4 Å². The van der Waals surface area contributed by atoms with Crippen LogP contribution < -0.4 is 5.32 Å². The summed E-state index contributed by atoms with van der Waals surface area (Å²) >= 11 is 1.78. The lowest BCUT2D eigenvalue weighted by molar-refractivity contribution is 0.0927. The summed E-state index contributed by atoms with van der Waals surface area (Å²) in [5, 5.41) is 10.7. The largest absolute Gasteiger partial charge is 0.341 e. The first-order valence-electron chi connectivity index (χ1n) is 9.96. The summed E-state index contributed by atoms with van der Waals surface area (Å²) < 4.78 is 2.09. The molecule has 2 aromatic heterocycles. The summed E-state index contributed by atoms with van der Waals surface area (Å²) in [4.78, 5) is 17.9. The molecule has 1 amide bonds. The highest BCUT2D eigenvalue weighted by Gasteiger charge is 2.25. The average molecular weight is 398 g/mol. The Kier molecular flexibility index (Phi) is 5.71. The molecular weight excluding hydrogens is 370 g/mol. The third-order valence-corrected chi connectivity index (χ3v) is 6.21.